The largest absolute Gasteiger partial charge is 0.377 e. The van der Waals surface area contributed by atoms with Crippen molar-refractivity contribution in [2.45, 2.75) is 51.1 Å². The zero-order valence-electron chi connectivity index (χ0n) is 20.2. The maximum absolute atomic E-state index is 14.8. The Morgan fingerprint density at radius 1 is 1.20 bits per heavy atom. The Kier molecular flexibility index (Phi) is 6.67. The molecule has 1 amide bonds. The molecule has 0 unspecified atom stereocenters. The number of nitrogens with one attached hydrogen (secondary N) is 1. The number of nitrogens with two attached hydrogens (primary N) is 1. The summed E-state index contributed by atoms with van der Waals surface area (Å²) in [5.74, 6) is 0.0405. The molecule has 0 bridgehead atoms. The van der Waals surface area contributed by atoms with Crippen LogP contribution in [0.5, 0.6) is 0 Å². The third-order valence-electron chi connectivity index (χ3n) is 7.25. The zero-order chi connectivity index (χ0) is 24.5. The van der Waals surface area contributed by atoms with Crippen LogP contribution in [0, 0.1) is 11.7 Å². The maximum Gasteiger partial charge on any atom is 0.257 e. The average molecular weight is 478 g/mol. The van der Waals surface area contributed by atoms with Crippen LogP contribution in [0.3, 0.4) is 0 Å². The zero-order valence-corrected chi connectivity index (χ0v) is 20.2. The van der Waals surface area contributed by atoms with Crippen molar-refractivity contribution in [1.82, 2.24) is 9.97 Å². The van der Waals surface area contributed by atoms with Gasteiger partial charge in [0, 0.05) is 30.2 Å². The van der Waals surface area contributed by atoms with Crippen LogP contribution >= 0.6 is 0 Å². The number of aromatic nitrogens is 2. The Morgan fingerprint density at radius 3 is 2.86 bits per heavy atom. The molecule has 0 radical (unpaired) electrons. The molecule has 1 aliphatic carbocycles. The van der Waals surface area contributed by atoms with Crippen molar-refractivity contribution < 1.29 is 13.9 Å². The molecule has 1 saturated carbocycles. The molecule has 5 rings (SSSR count). The van der Waals surface area contributed by atoms with Crippen LogP contribution in [0.25, 0.3) is 10.9 Å². The summed E-state index contributed by atoms with van der Waals surface area (Å²) < 4.78 is 20.4. The van der Waals surface area contributed by atoms with E-state index in [1.165, 1.54) is 12.1 Å². The molecule has 3 N–H and O–H groups in total. The fourth-order valence-electron chi connectivity index (χ4n) is 5.59. The third kappa shape index (κ3) is 4.86. The molecule has 2 aliphatic rings. The average Bonchev–Trinajstić information content (AvgIpc) is 2.84. The second-order valence-corrected chi connectivity index (χ2v) is 9.99. The Labute approximate surface area is 204 Å². The standard InChI is InChI=1S/C27H32FN5O2/c1-16-9-18(11-19(29)10-16)21-5-6-30-14-25(21)32-27(34)22-3-4-24(28)23-12-20(13-31-26(22)23)33-7-8-35-15-17(33)2/h3-6,12-14,16-19H,7-11,15,29H2,1-2H3,(H,32,34)/t16-,17+,18+,19-/m0/s1. The molecular formula is C27H32FN5O2. The van der Waals surface area contributed by atoms with Gasteiger partial charge in [0.2, 0.25) is 0 Å². The van der Waals surface area contributed by atoms with Crippen LogP contribution in [0.1, 0.15) is 54.9 Å². The SMILES string of the molecule is C[C@@H]1C[C@H](N)C[C@H](c2ccncc2NC(=O)c2ccc(F)c3cc(N4CCOC[C@H]4C)cnc23)C1. The van der Waals surface area contributed by atoms with Gasteiger partial charge in [0.25, 0.3) is 5.91 Å². The van der Waals surface area contributed by atoms with Gasteiger partial charge < -0.3 is 20.7 Å². The Balaban J connectivity index is 1.45. The minimum absolute atomic E-state index is 0.147. The van der Waals surface area contributed by atoms with Crippen molar-refractivity contribution >= 4 is 28.2 Å². The first-order valence-electron chi connectivity index (χ1n) is 12.3. The second-order valence-electron chi connectivity index (χ2n) is 9.99. The quantitative estimate of drug-likeness (QED) is 0.576. The molecule has 2 aromatic heterocycles. The highest BCUT2D eigenvalue weighted by Gasteiger charge is 2.28. The van der Waals surface area contributed by atoms with E-state index in [1.807, 2.05) is 6.07 Å². The Morgan fingerprint density at radius 2 is 2.06 bits per heavy atom. The molecule has 184 valence electrons. The van der Waals surface area contributed by atoms with Crippen LogP contribution in [-0.2, 0) is 4.74 Å². The summed E-state index contributed by atoms with van der Waals surface area (Å²) in [5, 5.41) is 3.35. The minimum Gasteiger partial charge on any atom is -0.377 e. The van der Waals surface area contributed by atoms with Gasteiger partial charge in [-0.25, -0.2) is 4.39 Å². The molecule has 7 nitrogen and oxygen atoms in total. The lowest BCUT2D eigenvalue weighted by Gasteiger charge is -2.35. The number of hydrogen-bond acceptors (Lipinski definition) is 6. The fourth-order valence-corrected chi connectivity index (χ4v) is 5.59. The topological polar surface area (TPSA) is 93.4 Å². The van der Waals surface area contributed by atoms with Crippen LogP contribution in [0.15, 0.2) is 42.9 Å². The predicted molar refractivity (Wildman–Crippen MR) is 135 cm³/mol. The number of fused-ring (bicyclic) bond motifs is 1. The van der Waals surface area contributed by atoms with E-state index in [2.05, 4.69) is 34.0 Å². The molecule has 3 heterocycles. The first-order valence-corrected chi connectivity index (χ1v) is 12.3. The summed E-state index contributed by atoms with van der Waals surface area (Å²) in [5.41, 5.74) is 9.48. The molecule has 1 saturated heterocycles. The van der Waals surface area contributed by atoms with Gasteiger partial charge in [-0.15, -0.1) is 0 Å². The number of pyridine rings is 2. The van der Waals surface area contributed by atoms with E-state index in [-0.39, 0.29) is 23.9 Å². The number of rotatable bonds is 4. The molecule has 1 aliphatic heterocycles. The molecule has 1 aromatic carbocycles. The van der Waals surface area contributed by atoms with Gasteiger partial charge in [0.15, 0.2) is 0 Å². The lowest BCUT2D eigenvalue weighted by molar-refractivity contribution is 0.0989. The summed E-state index contributed by atoms with van der Waals surface area (Å²) in [7, 11) is 0. The van der Waals surface area contributed by atoms with Crippen molar-refractivity contribution in [3.05, 3.63) is 59.8 Å². The number of morpholine rings is 1. The molecule has 4 atom stereocenters. The Hall–Kier alpha value is -3.10. The minimum atomic E-state index is -0.404. The van der Waals surface area contributed by atoms with E-state index in [1.54, 1.807) is 24.7 Å². The van der Waals surface area contributed by atoms with Gasteiger partial charge >= 0.3 is 0 Å². The van der Waals surface area contributed by atoms with E-state index < -0.39 is 5.82 Å². The van der Waals surface area contributed by atoms with Gasteiger partial charge in [-0.3, -0.25) is 14.8 Å². The highest BCUT2D eigenvalue weighted by molar-refractivity contribution is 6.12. The van der Waals surface area contributed by atoms with Gasteiger partial charge in [0.05, 0.1) is 48.1 Å². The number of halogens is 1. The van der Waals surface area contributed by atoms with Gasteiger partial charge in [-0.05, 0) is 67.9 Å². The van der Waals surface area contributed by atoms with Crippen LogP contribution in [0.2, 0.25) is 0 Å². The van der Waals surface area contributed by atoms with Gasteiger partial charge in [0.1, 0.15) is 5.82 Å². The number of ether oxygens (including phenoxy) is 1. The maximum atomic E-state index is 14.8. The molecule has 2 fully saturated rings. The number of anilines is 2. The number of benzene rings is 1. The smallest absolute Gasteiger partial charge is 0.257 e. The first kappa shape index (κ1) is 23.6. The van der Waals surface area contributed by atoms with E-state index in [4.69, 9.17) is 10.5 Å². The number of carbonyl (C=O) groups is 1. The van der Waals surface area contributed by atoms with Crippen molar-refractivity contribution in [3.63, 3.8) is 0 Å². The number of carbonyl (C=O) groups excluding carboxylic acids is 1. The fraction of sp³-hybridized carbons (Fsp3) is 0.444. The van der Waals surface area contributed by atoms with Crippen molar-refractivity contribution in [3.8, 4) is 0 Å². The molecule has 0 spiro atoms. The second kappa shape index (κ2) is 9.87. The highest BCUT2D eigenvalue weighted by Crippen LogP contribution is 2.38. The van der Waals surface area contributed by atoms with Crippen LogP contribution in [-0.4, -0.2) is 47.7 Å². The van der Waals surface area contributed by atoms with Crippen molar-refractivity contribution in [1.29, 1.82) is 0 Å². The van der Waals surface area contributed by atoms with E-state index >= 15 is 0 Å². The summed E-state index contributed by atoms with van der Waals surface area (Å²) in [6, 6.07) is 6.87. The third-order valence-corrected chi connectivity index (χ3v) is 7.25. The number of hydrogen-bond donors (Lipinski definition) is 2. The summed E-state index contributed by atoms with van der Waals surface area (Å²) >= 11 is 0. The molecule has 35 heavy (non-hydrogen) atoms. The van der Waals surface area contributed by atoms with Crippen LogP contribution < -0.4 is 16.0 Å². The monoisotopic (exact) mass is 477 g/mol. The predicted octanol–water partition coefficient (Wildman–Crippen LogP) is 4.48. The normalized spacial score (nSPS) is 25.0. The lowest BCUT2D eigenvalue weighted by atomic mass is 9.76. The van der Waals surface area contributed by atoms with E-state index in [9.17, 15) is 9.18 Å². The van der Waals surface area contributed by atoms with Gasteiger partial charge in [-0.2, -0.15) is 0 Å². The summed E-state index contributed by atoms with van der Waals surface area (Å²) in [6.07, 6.45) is 8.04. The molecule has 3 aromatic rings. The first-order chi connectivity index (χ1) is 16.9. The van der Waals surface area contributed by atoms with E-state index in [0.717, 1.165) is 30.5 Å². The Bertz CT molecular complexity index is 1230. The lowest BCUT2D eigenvalue weighted by Crippen LogP contribution is -2.43. The summed E-state index contributed by atoms with van der Waals surface area (Å²) in [4.78, 5) is 24.3. The van der Waals surface area contributed by atoms with Gasteiger partial charge in [-0.1, -0.05) is 6.92 Å². The molecule has 8 heteroatoms. The van der Waals surface area contributed by atoms with Crippen molar-refractivity contribution in [2.24, 2.45) is 11.7 Å². The highest BCUT2D eigenvalue weighted by atomic mass is 19.1. The number of nitrogens with zero attached hydrogens (tertiary/aromatic N) is 3. The van der Waals surface area contributed by atoms with Crippen molar-refractivity contribution in [2.75, 3.05) is 30.0 Å². The molecular weight excluding hydrogens is 445 g/mol. The number of amides is 1. The summed E-state index contributed by atoms with van der Waals surface area (Å²) in [6.45, 7) is 6.22. The van der Waals surface area contributed by atoms with Crippen LogP contribution in [0.4, 0.5) is 15.8 Å². The van der Waals surface area contributed by atoms with E-state index in [0.29, 0.717) is 47.8 Å².